The van der Waals surface area contributed by atoms with E-state index in [1.807, 2.05) is 19.9 Å². The Labute approximate surface area is 120 Å². The summed E-state index contributed by atoms with van der Waals surface area (Å²) in [5.41, 5.74) is 6.70. The summed E-state index contributed by atoms with van der Waals surface area (Å²) in [6, 6.07) is 5.22. The van der Waals surface area contributed by atoms with Gasteiger partial charge >= 0.3 is 0 Å². The van der Waals surface area contributed by atoms with Crippen molar-refractivity contribution in [2.24, 2.45) is 5.73 Å². The summed E-state index contributed by atoms with van der Waals surface area (Å²) in [4.78, 5) is 11.1. The summed E-state index contributed by atoms with van der Waals surface area (Å²) in [5, 5.41) is 0. The second kappa shape index (κ2) is 8.55. The highest BCUT2D eigenvalue weighted by Crippen LogP contribution is 2.22. The molecule has 1 rings (SSSR count). The minimum Gasteiger partial charge on any atom is -0.496 e. The molecule has 0 aromatic heterocycles. The van der Waals surface area contributed by atoms with E-state index in [1.54, 1.807) is 19.2 Å². The zero-order valence-electron chi connectivity index (χ0n) is 12.3. The van der Waals surface area contributed by atoms with Gasteiger partial charge in [0.05, 0.1) is 7.11 Å². The van der Waals surface area contributed by atoms with Crippen molar-refractivity contribution < 1.29 is 19.0 Å². The fraction of sp³-hybridized carbons (Fsp3) is 0.533. The van der Waals surface area contributed by atoms with Crippen molar-refractivity contribution in [2.45, 2.75) is 33.0 Å². The summed E-state index contributed by atoms with van der Waals surface area (Å²) in [5.74, 6) is 0.199. The molecule has 5 heteroatoms. The van der Waals surface area contributed by atoms with Crippen LogP contribution < -0.4 is 10.5 Å². The van der Waals surface area contributed by atoms with Crippen molar-refractivity contribution in [2.75, 3.05) is 20.3 Å². The molecule has 0 bridgehead atoms. The Morgan fingerprint density at radius 1 is 1.25 bits per heavy atom. The number of carbonyl (C=O) groups is 1. The Bertz CT molecular complexity index is 428. The highest BCUT2D eigenvalue weighted by atomic mass is 16.7. The van der Waals surface area contributed by atoms with Crippen LogP contribution in [0.1, 0.15) is 36.2 Å². The van der Waals surface area contributed by atoms with Gasteiger partial charge in [-0.25, -0.2) is 0 Å². The first kappa shape index (κ1) is 16.5. The number of hydrogen-bond acceptors (Lipinski definition) is 4. The number of ether oxygens (including phenoxy) is 3. The fourth-order valence-electron chi connectivity index (χ4n) is 1.96. The van der Waals surface area contributed by atoms with Crippen LogP contribution in [0.25, 0.3) is 0 Å². The molecular weight excluding hydrogens is 258 g/mol. The van der Waals surface area contributed by atoms with Crippen molar-refractivity contribution >= 4 is 5.91 Å². The normalized spacial score (nSPS) is 10.8. The fourth-order valence-corrected chi connectivity index (χ4v) is 1.96. The number of carbonyl (C=O) groups excluding carboxylic acids is 1. The molecule has 2 N–H and O–H groups in total. The summed E-state index contributed by atoms with van der Waals surface area (Å²) >= 11 is 0. The molecule has 1 aromatic carbocycles. The van der Waals surface area contributed by atoms with Crippen LogP contribution in [0.2, 0.25) is 0 Å². The Morgan fingerprint density at radius 3 is 2.40 bits per heavy atom. The molecule has 1 aromatic rings. The van der Waals surface area contributed by atoms with Crippen molar-refractivity contribution in [1.29, 1.82) is 0 Å². The lowest BCUT2D eigenvalue weighted by Crippen LogP contribution is -2.18. The molecule has 0 aliphatic rings. The Morgan fingerprint density at radius 2 is 1.90 bits per heavy atom. The van der Waals surface area contributed by atoms with Gasteiger partial charge in [-0.3, -0.25) is 4.79 Å². The molecule has 0 saturated carbocycles. The second-order valence-corrected chi connectivity index (χ2v) is 4.27. The van der Waals surface area contributed by atoms with Crippen LogP contribution in [0.5, 0.6) is 5.75 Å². The van der Waals surface area contributed by atoms with Crippen LogP contribution in [0.4, 0.5) is 0 Å². The molecule has 112 valence electrons. The van der Waals surface area contributed by atoms with E-state index in [-0.39, 0.29) is 6.29 Å². The van der Waals surface area contributed by atoms with Gasteiger partial charge in [0.25, 0.3) is 0 Å². The zero-order chi connectivity index (χ0) is 15.0. The topological polar surface area (TPSA) is 70.8 Å². The number of aryl methyl sites for hydroxylation is 1. The minimum atomic E-state index is -0.462. The maximum Gasteiger partial charge on any atom is 0.248 e. The molecule has 0 aliphatic carbocycles. The van der Waals surface area contributed by atoms with E-state index in [2.05, 4.69) is 0 Å². The quantitative estimate of drug-likeness (QED) is 0.704. The molecule has 0 saturated heterocycles. The molecule has 20 heavy (non-hydrogen) atoms. The second-order valence-electron chi connectivity index (χ2n) is 4.27. The van der Waals surface area contributed by atoms with Gasteiger partial charge < -0.3 is 19.9 Å². The number of methoxy groups -OCH3 is 1. The van der Waals surface area contributed by atoms with Crippen molar-refractivity contribution in [1.82, 2.24) is 0 Å². The predicted molar refractivity (Wildman–Crippen MR) is 76.9 cm³/mol. The number of rotatable bonds is 9. The molecule has 1 amide bonds. The van der Waals surface area contributed by atoms with E-state index in [4.69, 9.17) is 19.9 Å². The smallest absolute Gasteiger partial charge is 0.248 e. The van der Waals surface area contributed by atoms with Crippen molar-refractivity contribution in [3.63, 3.8) is 0 Å². The van der Waals surface area contributed by atoms with E-state index >= 15 is 0 Å². The Kier molecular flexibility index (Phi) is 7.04. The summed E-state index contributed by atoms with van der Waals surface area (Å²) in [7, 11) is 1.58. The standard InChI is InChI=1S/C15H23NO4/c1-4-19-14(20-5-2)9-8-11-6-7-12(15(16)17)10-13(11)18-3/h6-7,10,14H,4-5,8-9H2,1-3H3,(H2,16,17). The van der Waals surface area contributed by atoms with Gasteiger partial charge in [0.15, 0.2) is 6.29 Å². The van der Waals surface area contributed by atoms with Gasteiger partial charge in [0.2, 0.25) is 5.91 Å². The maximum atomic E-state index is 11.1. The zero-order valence-corrected chi connectivity index (χ0v) is 12.3. The third-order valence-electron chi connectivity index (χ3n) is 2.93. The summed E-state index contributed by atoms with van der Waals surface area (Å²) in [6.07, 6.45) is 1.26. The van der Waals surface area contributed by atoms with Crippen LogP contribution in [0, 0.1) is 0 Å². The van der Waals surface area contributed by atoms with Crippen molar-refractivity contribution in [3.8, 4) is 5.75 Å². The molecule has 0 unspecified atom stereocenters. The minimum absolute atomic E-state index is 0.217. The monoisotopic (exact) mass is 281 g/mol. The Hall–Kier alpha value is -1.59. The first-order valence-electron chi connectivity index (χ1n) is 6.82. The number of primary amides is 1. The van der Waals surface area contributed by atoms with Gasteiger partial charge in [0, 0.05) is 25.2 Å². The van der Waals surface area contributed by atoms with Crippen LogP contribution >= 0.6 is 0 Å². The first-order valence-corrected chi connectivity index (χ1v) is 6.82. The lowest BCUT2D eigenvalue weighted by atomic mass is 10.1. The third-order valence-corrected chi connectivity index (χ3v) is 2.93. The van der Waals surface area contributed by atoms with Crippen LogP contribution in [-0.4, -0.2) is 32.5 Å². The van der Waals surface area contributed by atoms with Gasteiger partial charge in [-0.05, 0) is 38.0 Å². The van der Waals surface area contributed by atoms with E-state index < -0.39 is 5.91 Å². The van der Waals surface area contributed by atoms with E-state index in [0.717, 1.165) is 18.4 Å². The highest BCUT2D eigenvalue weighted by molar-refractivity contribution is 5.93. The van der Waals surface area contributed by atoms with Crippen LogP contribution in [0.15, 0.2) is 18.2 Å². The van der Waals surface area contributed by atoms with Crippen LogP contribution in [0.3, 0.4) is 0 Å². The lowest BCUT2D eigenvalue weighted by Gasteiger charge is -2.17. The van der Waals surface area contributed by atoms with Crippen molar-refractivity contribution in [3.05, 3.63) is 29.3 Å². The van der Waals surface area contributed by atoms with E-state index in [1.165, 1.54) is 0 Å². The average molecular weight is 281 g/mol. The van der Waals surface area contributed by atoms with Gasteiger partial charge in [0.1, 0.15) is 5.75 Å². The number of hydrogen-bond donors (Lipinski definition) is 1. The molecule has 0 fully saturated rings. The third kappa shape index (κ3) is 4.83. The molecule has 0 heterocycles. The lowest BCUT2D eigenvalue weighted by molar-refractivity contribution is -0.139. The molecule has 0 spiro atoms. The largest absolute Gasteiger partial charge is 0.496 e. The molecule has 5 nitrogen and oxygen atoms in total. The molecule has 0 atom stereocenters. The van der Waals surface area contributed by atoms with E-state index in [9.17, 15) is 4.79 Å². The highest BCUT2D eigenvalue weighted by Gasteiger charge is 2.12. The molecule has 0 aliphatic heterocycles. The summed E-state index contributed by atoms with van der Waals surface area (Å²) < 4.78 is 16.3. The molecular formula is C15H23NO4. The SMILES string of the molecule is CCOC(CCc1ccc(C(N)=O)cc1OC)OCC. The number of benzene rings is 1. The van der Waals surface area contributed by atoms with E-state index in [0.29, 0.717) is 24.5 Å². The summed E-state index contributed by atoms with van der Waals surface area (Å²) in [6.45, 7) is 5.10. The predicted octanol–water partition coefficient (Wildman–Crippen LogP) is 2.13. The van der Waals surface area contributed by atoms with Gasteiger partial charge in [-0.15, -0.1) is 0 Å². The first-order chi connectivity index (χ1) is 9.62. The van der Waals surface area contributed by atoms with Gasteiger partial charge in [-0.2, -0.15) is 0 Å². The average Bonchev–Trinajstić information content (AvgIpc) is 2.45. The maximum absolute atomic E-state index is 11.1. The van der Waals surface area contributed by atoms with Crippen LogP contribution in [-0.2, 0) is 15.9 Å². The molecule has 0 radical (unpaired) electrons. The number of nitrogens with two attached hydrogens (primary N) is 1. The number of amides is 1. The Balaban J connectivity index is 2.73. The van der Waals surface area contributed by atoms with Gasteiger partial charge in [-0.1, -0.05) is 6.07 Å².